The van der Waals surface area contributed by atoms with Crippen LogP contribution in [0.5, 0.6) is 0 Å². The Bertz CT molecular complexity index is 562. The van der Waals surface area contributed by atoms with E-state index in [1.54, 1.807) is 7.11 Å². The van der Waals surface area contributed by atoms with Gasteiger partial charge in [0.1, 0.15) is 6.54 Å². The molecule has 0 radical (unpaired) electrons. The zero-order valence-corrected chi connectivity index (χ0v) is 18.0. The molecule has 1 aromatic rings. The van der Waals surface area contributed by atoms with Crippen LogP contribution in [0.25, 0.3) is 0 Å². The van der Waals surface area contributed by atoms with Gasteiger partial charge < -0.3 is 20.7 Å². The Hall–Kier alpha value is -1.35. The highest BCUT2D eigenvalue weighted by atomic mass is 127. The number of anilines is 1. The molecule has 0 bridgehead atoms. The lowest BCUT2D eigenvalue weighted by molar-refractivity contribution is -0.114. The monoisotopic (exact) mass is 474 g/mol. The number of hydrogen-bond acceptors (Lipinski definition) is 3. The summed E-state index contributed by atoms with van der Waals surface area (Å²) < 4.78 is 5.24. The maximum atomic E-state index is 12.0. The fourth-order valence-electron chi connectivity index (χ4n) is 3.00. The largest absolute Gasteiger partial charge is 0.385 e. The number of carbonyl (C=O) groups is 1. The third kappa shape index (κ3) is 7.49. The van der Waals surface area contributed by atoms with Gasteiger partial charge in [0.15, 0.2) is 5.96 Å². The van der Waals surface area contributed by atoms with E-state index in [-0.39, 0.29) is 36.4 Å². The lowest BCUT2D eigenvalue weighted by Gasteiger charge is -2.42. The van der Waals surface area contributed by atoms with Gasteiger partial charge in [-0.2, -0.15) is 0 Å². The van der Waals surface area contributed by atoms with Crippen LogP contribution in [0.3, 0.4) is 0 Å². The van der Waals surface area contributed by atoms with Crippen molar-refractivity contribution in [2.75, 3.05) is 38.7 Å². The van der Waals surface area contributed by atoms with E-state index in [9.17, 15) is 4.79 Å². The van der Waals surface area contributed by atoms with E-state index in [4.69, 9.17) is 4.74 Å². The quantitative estimate of drug-likeness (QED) is 0.292. The molecular formula is C19H31IN4O2. The van der Waals surface area contributed by atoms with Gasteiger partial charge in [0.25, 0.3) is 0 Å². The van der Waals surface area contributed by atoms with Gasteiger partial charge in [-0.15, -0.1) is 24.0 Å². The van der Waals surface area contributed by atoms with Crippen molar-refractivity contribution in [3.05, 3.63) is 30.3 Å². The second kappa shape index (κ2) is 12.1. The fourth-order valence-corrected chi connectivity index (χ4v) is 3.00. The molecule has 0 spiro atoms. The van der Waals surface area contributed by atoms with Crippen molar-refractivity contribution in [2.24, 2.45) is 10.4 Å². The molecule has 3 N–H and O–H groups in total. The number of aliphatic imine (C=N–C) groups is 1. The van der Waals surface area contributed by atoms with Gasteiger partial charge in [-0.3, -0.25) is 4.79 Å². The van der Waals surface area contributed by atoms with Crippen molar-refractivity contribution < 1.29 is 9.53 Å². The van der Waals surface area contributed by atoms with Gasteiger partial charge in [0.2, 0.25) is 5.91 Å². The average molecular weight is 474 g/mol. The summed E-state index contributed by atoms with van der Waals surface area (Å²) in [5.41, 5.74) is 1.09. The molecule has 0 aromatic heterocycles. The highest BCUT2D eigenvalue weighted by Crippen LogP contribution is 2.43. The summed E-state index contributed by atoms with van der Waals surface area (Å²) in [6.45, 7) is 4.52. The Morgan fingerprint density at radius 1 is 1.23 bits per heavy atom. The minimum atomic E-state index is -0.124. The Morgan fingerprint density at radius 2 is 1.96 bits per heavy atom. The Morgan fingerprint density at radius 3 is 2.54 bits per heavy atom. The molecule has 7 heteroatoms. The van der Waals surface area contributed by atoms with Gasteiger partial charge in [-0.25, -0.2) is 4.99 Å². The van der Waals surface area contributed by atoms with Crippen LogP contribution in [0.4, 0.5) is 5.69 Å². The van der Waals surface area contributed by atoms with E-state index in [0.717, 1.165) is 31.8 Å². The smallest absolute Gasteiger partial charge is 0.246 e. The molecule has 1 fully saturated rings. The minimum Gasteiger partial charge on any atom is -0.385 e. The first kappa shape index (κ1) is 22.7. The lowest BCUT2D eigenvalue weighted by atomic mass is 9.67. The van der Waals surface area contributed by atoms with E-state index in [1.165, 1.54) is 19.3 Å². The van der Waals surface area contributed by atoms with E-state index in [2.05, 4.69) is 20.9 Å². The van der Waals surface area contributed by atoms with Gasteiger partial charge >= 0.3 is 0 Å². The first-order valence-electron chi connectivity index (χ1n) is 9.03. The van der Waals surface area contributed by atoms with Crippen LogP contribution >= 0.6 is 24.0 Å². The molecule has 2 rings (SSSR count). The normalized spacial score (nSPS) is 15.4. The fraction of sp³-hybridized carbons (Fsp3) is 0.579. The van der Waals surface area contributed by atoms with Gasteiger partial charge in [0, 0.05) is 32.5 Å². The molecular weight excluding hydrogens is 443 g/mol. The van der Waals surface area contributed by atoms with Crippen LogP contribution in [0, 0.1) is 5.41 Å². The van der Waals surface area contributed by atoms with E-state index in [0.29, 0.717) is 11.4 Å². The second-order valence-corrected chi connectivity index (χ2v) is 6.56. The minimum absolute atomic E-state index is 0. The molecule has 1 amide bonds. The Balaban J connectivity index is 0.00000338. The average Bonchev–Trinajstić information content (AvgIpc) is 2.59. The number of hydrogen-bond donors (Lipinski definition) is 3. The van der Waals surface area contributed by atoms with Crippen molar-refractivity contribution in [1.82, 2.24) is 10.6 Å². The number of amides is 1. The van der Waals surface area contributed by atoms with E-state index >= 15 is 0 Å². The van der Waals surface area contributed by atoms with Crippen LogP contribution in [0.15, 0.2) is 35.3 Å². The number of nitrogens with zero attached hydrogens (tertiary/aromatic N) is 1. The van der Waals surface area contributed by atoms with Crippen molar-refractivity contribution in [3.8, 4) is 0 Å². The van der Waals surface area contributed by atoms with E-state index < -0.39 is 0 Å². The number of para-hydroxylation sites is 1. The molecule has 0 aliphatic heterocycles. The third-order valence-electron chi connectivity index (χ3n) is 4.66. The predicted molar refractivity (Wildman–Crippen MR) is 117 cm³/mol. The maximum absolute atomic E-state index is 12.0. The maximum Gasteiger partial charge on any atom is 0.246 e. The Labute approximate surface area is 173 Å². The number of ether oxygens (including phenoxy) is 1. The lowest BCUT2D eigenvalue weighted by Crippen LogP contribution is -2.47. The number of nitrogens with one attached hydrogen (secondary N) is 3. The van der Waals surface area contributed by atoms with Crippen LogP contribution in [0.1, 0.15) is 32.6 Å². The number of methoxy groups -OCH3 is 1. The molecule has 0 atom stereocenters. The Kier molecular flexibility index (Phi) is 10.6. The van der Waals surface area contributed by atoms with Crippen LogP contribution in [-0.2, 0) is 9.53 Å². The number of rotatable bonds is 9. The number of benzene rings is 1. The summed E-state index contributed by atoms with van der Waals surface area (Å²) in [7, 11) is 1.75. The zero-order valence-electron chi connectivity index (χ0n) is 15.7. The third-order valence-corrected chi connectivity index (χ3v) is 4.66. The van der Waals surface area contributed by atoms with Crippen molar-refractivity contribution >= 4 is 41.5 Å². The highest BCUT2D eigenvalue weighted by molar-refractivity contribution is 14.0. The number of carbonyl (C=O) groups excluding carboxylic acids is 1. The summed E-state index contributed by atoms with van der Waals surface area (Å²) in [5, 5.41) is 9.45. The van der Waals surface area contributed by atoms with E-state index in [1.807, 2.05) is 37.3 Å². The van der Waals surface area contributed by atoms with Gasteiger partial charge in [-0.1, -0.05) is 24.6 Å². The molecule has 1 aliphatic carbocycles. The first-order chi connectivity index (χ1) is 12.2. The molecule has 0 unspecified atom stereocenters. The van der Waals surface area contributed by atoms with Crippen molar-refractivity contribution in [1.29, 1.82) is 0 Å². The summed E-state index contributed by atoms with van der Waals surface area (Å²) in [5.74, 6) is 0.565. The zero-order chi connectivity index (χ0) is 18.0. The molecule has 0 heterocycles. The highest BCUT2D eigenvalue weighted by Gasteiger charge is 2.36. The van der Waals surface area contributed by atoms with Gasteiger partial charge in [-0.05, 0) is 43.7 Å². The summed E-state index contributed by atoms with van der Waals surface area (Å²) >= 11 is 0. The topological polar surface area (TPSA) is 74.8 Å². The van der Waals surface area contributed by atoms with Crippen molar-refractivity contribution in [2.45, 2.75) is 32.6 Å². The number of guanidine groups is 1. The SMILES string of the molecule is CCNC(=NCC(=O)Nc1ccccc1)NCC1(CCOC)CCC1.I. The molecule has 1 saturated carbocycles. The molecule has 26 heavy (non-hydrogen) atoms. The predicted octanol–water partition coefficient (Wildman–Crippen LogP) is 3.01. The molecule has 1 aromatic carbocycles. The summed E-state index contributed by atoms with van der Waals surface area (Å²) in [4.78, 5) is 16.4. The summed E-state index contributed by atoms with van der Waals surface area (Å²) in [6, 6.07) is 9.43. The summed E-state index contributed by atoms with van der Waals surface area (Å²) in [6.07, 6.45) is 4.78. The van der Waals surface area contributed by atoms with Gasteiger partial charge in [0.05, 0.1) is 0 Å². The molecule has 0 saturated heterocycles. The molecule has 1 aliphatic rings. The molecule has 146 valence electrons. The first-order valence-corrected chi connectivity index (χ1v) is 9.03. The molecule has 6 nitrogen and oxygen atoms in total. The number of halogens is 1. The van der Waals surface area contributed by atoms with Crippen LogP contribution < -0.4 is 16.0 Å². The van der Waals surface area contributed by atoms with Crippen LogP contribution in [-0.4, -0.2) is 45.2 Å². The standard InChI is InChI=1S/C19H30N4O2.HI/c1-3-20-18(22-15-19(10-7-11-19)12-13-25-2)21-14-17(24)23-16-8-5-4-6-9-16;/h4-6,8-9H,3,7,10-15H2,1-2H3,(H,23,24)(H2,20,21,22);1H. The van der Waals surface area contributed by atoms with Crippen LogP contribution in [0.2, 0.25) is 0 Å². The van der Waals surface area contributed by atoms with Crippen molar-refractivity contribution in [3.63, 3.8) is 0 Å². The second-order valence-electron chi connectivity index (χ2n) is 6.56.